The van der Waals surface area contributed by atoms with Gasteiger partial charge in [-0.25, -0.2) is 9.18 Å². The number of nitrogens with one attached hydrogen (secondary N) is 3. The summed E-state index contributed by atoms with van der Waals surface area (Å²) in [5.74, 6) is -1.62. The van der Waals surface area contributed by atoms with Gasteiger partial charge in [-0.3, -0.25) is 14.9 Å². The monoisotopic (exact) mass is 389 g/mol. The van der Waals surface area contributed by atoms with Crippen LogP contribution in [-0.2, 0) is 0 Å². The van der Waals surface area contributed by atoms with Crippen LogP contribution in [0.1, 0.15) is 33.6 Å². The first kappa shape index (κ1) is 18.8. The van der Waals surface area contributed by atoms with E-state index in [-0.39, 0.29) is 22.2 Å². The molecule has 0 unspecified atom stereocenters. The molecule has 6 nitrogen and oxygen atoms in total. The first-order chi connectivity index (χ1) is 13.0. The van der Waals surface area contributed by atoms with Crippen LogP contribution in [0.15, 0.2) is 42.5 Å². The van der Waals surface area contributed by atoms with Crippen LogP contribution in [0.3, 0.4) is 0 Å². The fourth-order valence-corrected chi connectivity index (χ4v) is 2.73. The van der Waals surface area contributed by atoms with Crippen molar-refractivity contribution >= 4 is 35.1 Å². The number of anilines is 1. The molecule has 0 bridgehead atoms. The van der Waals surface area contributed by atoms with E-state index in [9.17, 15) is 18.8 Å². The normalized spacial score (nSPS) is 13.0. The Bertz CT molecular complexity index is 879. The van der Waals surface area contributed by atoms with Crippen LogP contribution in [0.4, 0.5) is 14.9 Å². The Labute approximate surface area is 160 Å². The third-order valence-electron chi connectivity index (χ3n) is 4.08. The molecule has 1 saturated carbocycles. The number of imide groups is 1. The second-order valence-electron chi connectivity index (χ2n) is 6.20. The Balaban J connectivity index is 1.67. The lowest BCUT2D eigenvalue weighted by Gasteiger charge is -2.12. The van der Waals surface area contributed by atoms with Crippen molar-refractivity contribution in [3.8, 4) is 0 Å². The number of hydrogen-bond acceptors (Lipinski definition) is 3. The van der Waals surface area contributed by atoms with Crippen LogP contribution in [0.25, 0.3) is 0 Å². The van der Waals surface area contributed by atoms with E-state index in [1.807, 2.05) is 5.32 Å². The van der Waals surface area contributed by atoms with Gasteiger partial charge in [-0.05, 0) is 43.0 Å². The summed E-state index contributed by atoms with van der Waals surface area (Å²) in [6.45, 7) is 0.587. The largest absolute Gasteiger partial charge is 0.352 e. The molecule has 0 radical (unpaired) electrons. The molecular formula is C19H17ClFN3O3. The van der Waals surface area contributed by atoms with Crippen molar-refractivity contribution in [3.05, 3.63) is 64.4 Å². The molecule has 3 rings (SSSR count). The minimum atomic E-state index is -0.980. The van der Waals surface area contributed by atoms with Gasteiger partial charge in [-0.1, -0.05) is 29.8 Å². The van der Waals surface area contributed by atoms with Crippen molar-refractivity contribution < 1.29 is 18.8 Å². The summed E-state index contributed by atoms with van der Waals surface area (Å²) in [7, 11) is 0. The second-order valence-corrected chi connectivity index (χ2v) is 6.61. The van der Waals surface area contributed by atoms with Crippen LogP contribution >= 0.6 is 11.6 Å². The van der Waals surface area contributed by atoms with Gasteiger partial charge in [0.2, 0.25) is 0 Å². The van der Waals surface area contributed by atoms with E-state index in [2.05, 4.69) is 10.6 Å². The fourth-order valence-electron chi connectivity index (χ4n) is 2.48. The summed E-state index contributed by atoms with van der Waals surface area (Å²) in [4.78, 5) is 36.5. The molecule has 0 saturated heterocycles. The summed E-state index contributed by atoms with van der Waals surface area (Å²) in [5, 5.41) is 7.15. The number of hydrogen-bond donors (Lipinski definition) is 3. The average molecular weight is 390 g/mol. The fraction of sp³-hybridized carbons (Fsp3) is 0.211. The van der Waals surface area contributed by atoms with E-state index in [1.54, 1.807) is 18.2 Å². The molecule has 1 fully saturated rings. The highest BCUT2D eigenvalue weighted by atomic mass is 35.5. The zero-order valence-corrected chi connectivity index (χ0v) is 15.0. The lowest BCUT2D eigenvalue weighted by Crippen LogP contribution is -2.36. The zero-order chi connectivity index (χ0) is 19.4. The summed E-state index contributed by atoms with van der Waals surface area (Å²) in [6.07, 6.45) is 2.20. The smallest absolute Gasteiger partial charge is 0.326 e. The van der Waals surface area contributed by atoms with Crippen molar-refractivity contribution in [1.82, 2.24) is 10.6 Å². The lowest BCUT2D eigenvalue weighted by molar-refractivity contribution is 0.0949. The minimum absolute atomic E-state index is 0.111. The van der Waals surface area contributed by atoms with Gasteiger partial charge in [0.05, 0.1) is 21.8 Å². The van der Waals surface area contributed by atoms with E-state index in [0.717, 1.165) is 18.9 Å². The molecule has 0 aromatic heterocycles. The Kier molecular flexibility index (Phi) is 5.71. The molecule has 2 aromatic rings. The molecule has 0 aliphatic heterocycles. The summed E-state index contributed by atoms with van der Waals surface area (Å²) < 4.78 is 13.8. The SMILES string of the molecule is O=C(NC(=O)c1c(F)cccc1Cl)Nc1ccccc1C(=O)NCC1CC1. The molecule has 0 heterocycles. The van der Waals surface area contributed by atoms with Gasteiger partial charge in [0.25, 0.3) is 11.8 Å². The van der Waals surface area contributed by atoms with Crippen LogP contribution < -0.4 is 16.0 Å². The standard InChI is InChI=1S/C19H17ClFN3O3/c20-13-5-3-6-14(21)16(13)18(26)24-19(27)23-15-7-2-1-4-12(15)17(25)22-10-11-8-9-11/h1-7,11H,8-10H2,(H,22,25)(H2,23,24,26,27). The second kappa shape index (κ2) is 8.18. The summed E-state index contributed by atoms with van der Waals surface area (Å²) >= 11 is 5.81. The quantitative estimate of drug-likeness (QED) is 0.730. The number of para-hydroxylation sites is 1. The van der Waals surface area contributed by atoms with Crippen molar-refractivity contribution in [2.45, 2.75) is 12.8 Å². The van der Waals surface area contributed by atoms with Crippen LogP contribution in [0.2, 0.25) is 5.02 Å². The van der Waals surface area contributed by atoms with E-state index >= 15 is 0 Å². The predicted octanol–water partition coefficient (Wildman–Crippen LogP) is 3.58. The molecule has 140 valence electrons. The maximum Gasteiger partial charge on any atom is 0.326 e. The van der Waals surface area contributed by atoms with Crippen molar-refractivity contribution in [2.24, 2.45) is 5.92 Å². The highest BCUT2D eigenvalue weighted by Crippen LogP contribution is 2.27. The maximum atomic E-state index is 13.8. The third kappa shape index (κ3) is 4.83. The topological polar surface area (TPSA) is 87.3 Å². The Morgan fingerprint density at radius 3 is 2.48 bits per heavy atom. The third-order valence-corrected chi connectivity index (χ3v) is 4.40. The molecule has 0 spiro atoms. The van der Waals surface area contributed by atoms with E-state index < -0.39 is 23.3 Å². The van der Waals surface area contributed by atoms with Gasteiger partial charge in [-0.2, -0.15) is 0 Å². The molecule has 3 N–H and O–H groups in total. The molecule has 2 aromatic carbocycles. The van der Waals surface area contributed by atoms with Gasteiger partial charge in [0.1, 0.15) is 5.82 Å². The average Bonchev–Trinajstić information content (AvgIpc) is 3.44. The van der Waals surface area contributed by atoms with Gasteiger partial charge < -0.3 is 10.6 Å². The highest BCUT2D eigenvalue weighted by Gasteiger charge is 2.23. The van der Waals surface area contributed by atoms with Gasteiger partial charge in [0.15, 0.2) is 0 Å². The number of amides is 4. The predicted molar refractivity (Wildman–Crippen MR) is 99.4 cm³/mol. The lowest BCUT2D eigenvalue weighted by atomic mass is 10.1. The van der Waals surface area contributed by atoms with Crippen molar-refractivity contribution in [2.75, 3.05) is 11.9 Å². The van der Waals surface area contributed by atoms with E-state index in [0.29, 0.717) is 12.5 Å². The van der Waals surface area contributed by atoms with Crippen molar-refractivity contribution in [3.63, 3.8) is 0 Å². The van der Waals surface area contributed by atoms with Gasteiger partial charge in [-0.15, -0.1) is 0 Å². The van der Waals surface area contributed by atoms with Gasteiger partial charge in [0, 0.05) is 6.54 Å². The molecule has 27 heavy (non-hydrogen) atoms. The molecule has 1 aliphatic carbocycles. The number of carbonyl (C=O) groups excluding carboxylic acids is 3. The summed E-state index contributed by atoms with van der Waals surface area (Å²) in [6, 6.07) is 9.27. The molecule has 0 atom stereocenters. The van der Waals surface area contributed by atoms with Crippen LogP contribution in [0, 0.1) is 11.7 Å². The highest BCUT2D eigenvalue weighted by molar-refractivity contribution is 6.34. The van der Waals surface area contributed by atoms with Gasteiger partial charge >= 0.3 is 6.03 Å². The molecule has 1 aliphatic rings. The maximum absolute atomic E-state index is 13.8. The van der Waals surface area contributed by atoms with Crippen molar-refractivity contribution in [1.29, 1.82) is 0 Å². The Hall–Kier alpha value is -2.93. The first-order valence-electron chi connectivity index (χ1n) is 8.39. The molecular weight excluding hydrogens is 373 g/mol. The number of carbonyl (C=O) groups is 3. The Morgan fingerprint density at radius 1 is 1.04 bits per heavy atom. The van der Waals surface area contributed by atoms with Crippen LogP contribution in [0.5, 0.6) is 0 Å². The van der Waals surface area contributed by atoms with E-state index in [1.165, 1.54) is 18.2 Å². The number of benzene rings is 2. The molecule has 4 amide bonds. The van der Waals surface area contributed by atoms with E-state index in [4.69, 9.17) is 11.6 Å². The minimum Gasteiger partial charge on any atom is -0.352 e. The molecule has 8 heteroatoms. The number of rotatable bonds is 5. The zero-order valence-electron chi connectivity index (χ0n) is 14.2. The van der Waals surface area contributed by atoms with Crippen LogP contribution in [-0.4, -0.2) is 24.4 Å². The Morgan fingerprint density at radius 2 is 1.78 bits per heavy atom. The summed E-state index contributed by atoms with van der Waals surface area (Å²) in [5.41, 5.74) is 0.0742. The number of halogens is 2. The first-order valence-corrected chi connectivity index (χ1v) is 8.77. The number of urea groups is 1.